The topological polar surface area (TPSA) is 41.6 Å². The number of carbonyl (C=O) groups excluding carboxylic acids is 1. The van der Waals surface area contributed by atoms with E-state index in [0.29, 0.717) is 24.6 Å². The average molecular weight is 395 g/mol. The monoisotopic (exact) mass is 394 g/mol. The second kappa shape index (κ2) is 9.81. The van der Waals surface area contributed by atoms with Crippen molar-refractivity contribution >= 4 is 29.9 Å². The van der Waals surface area contributed by atoms with Crippen molar-refractivity contribution in [1.82, 2.24) is 10.2 Å². The summed E-state index contributed by atoms with van der Waals surface area (Å²) >= 11 is 6.13. The van der Waals surface area contributed by atoms with E-state index in [2.05, 4.69) is 5.32 Å². The third-order valence-electron chi connectivity index (χ3n) is 4.39. The molecule has 2 aromatic rings. The van der Waals surface area contributed by atoms with E-state index in [-0.39, 0.29) is 24.4 Å². The zero-order valence-corrected chi connectivity index (χ0v) is 16.4. The minimum absolute atomic E-state index is 0. The summed E-state index contributed by atoms with van der Waals surface area (Å²) in [6.45, 7) is 4.85. The fourth-order valence-electron chi connectivity index (χ4n) is 3.16. The molecule has 0 radical (unpaired) electrons. The van der Waals surface area contributed by atoms with Crippen molar-refractivity contribution < 1.29 is 9.53 Å². The summed E-state index contributed by atoms with van der Waals surface area (Å²) in [6.07, 6.45) is 0.392. The number of carbonyl (C=O) groups is 1. The quantitative estimate of drug-likeness (QED) is 0.836. The van der Waals surface area contributed by atoms with Gasteiger partial charge in [-0.3, -0.25) is 4.79 Å². The van der Waals surface area contributed by atoms with Gasteiger partial charge in [-0.25, -0.2) is 0 Å². The fraction of sp³-hybridized carbons (Fsp3) is 0.350. The lowest BCUT2D eigenvalue weighted by Gasteiger charge is -2.36. The zero-order valence-electron chi connectivity index (χ0n) is 14.8. The number of piperazine rings is 1. The molecular formula is C20H24Cl2N2O2. The lowest BCUT2D eigenvalue weighted by molar-refractivity contribution is -0.133. The van der Waals surface area contributed by atoms with E-state index in [1.165, 1.54) is 0 Å². The van der Waals surface area contributed by atoms with Crippen LogP contribution in [0.3, 0.4) is 0 Å². The van der Waals surface area contributed by atoms with E-state index < -0.39 is 0 Å². The maximum Gasteiger partial charge on any atom is 0.227 e. The number of amides is 1. The summed E-state index contributed by atoms with van der Waals surface area (Å²) in [6, 6.07) is 15.5. The highest BCUT2D eigenvalue weighted by molar-refractivity contribution is 6.30. The minimum atomic E-state index is 0. The number of hydrogen-bond acceptors (Lipinski definition) is 3. The van der Waals surface area contributed by atoms with E-state index in [0.717, 1.165) is 30.0 Å². The summed E-state index contributed by atoms with van der Waals surface area (Å²) in [7, 11) is 0. The molecule has 1 aliphatic heterocycles. The van der Waals surface area contributed by atoms with Crippen LogP contribution in [0, 0.1) is 0 Å². The number of benzene rings is 2. The highest BCUT2D eigenvalue weighted by atomic mass is 35.5. The summed E-state index contributed by atoms with van der Waals surface area (Å²) in [4.78, 5) is 14.8. The summed E-state index contributed by atoms with van der Waals surface area (Å²) in [5.41, 5.74) is 2.07. The van der Waals surface area contributed by atoms with E-state index in [9.17, 15) is 4.79 Å². The van der Waals surface area contributed by atoms with Gasteiger partial charge in [-0.2, -0.15) is 0 Å². The summed E-state index contributed by atoms with van der Waals surface area (Å²) in [5, 5.41) is 4.07. The van der Waals surface area contributed by atoms with Crippen LogP contribution >= 0.6 is 24.0 Å². The molecule has 1 heterocycles. The first-order valence-electron chi connectivity index (χ1n) is 8.64. The van der Waals surface area contributed by atoms with Gasteiger partial charge < -0.3 is 15.0 Å². The molecule has 1 amide bonds. The van der Waals surface area contributed by atoms with Crippen molar-refractivity contribution in [2.24, 2.45) is 0 Å². The molecule has 1 atom stereocenters. The van der Waals surface area contributed by atoms with E-state index in [4.69, 9.17) is 16.3 Å². The average Bonchev–Trinajstić information content (AvgIpc) is 2.63. The first-order chi connectivity index (χ1) is 12.2. The Hall–Kier alpha value is -1.75. The second-order valence-electron chi connectivity index (χ2n) is 6.12. The Balaban J connectivity index is 0.00000243. The van der Waals surface area contributed by atoms with Gasteiger partial charge in [0.2, 0.25) is 5.91 Å². The number of ether oxygens (including phenoxy) is 1. The molecule has 1 saturated heterocycles. The molecule has 26 heavy (non-hydrogen) atoms. The summed E-state index contributed by atoms with van der Waals surface area (Å²) in [5.74, 6) is 0.966. The van der Waals surface area contributed by atoms with Crippen molar-refractivity contribution in [1.29, 1.82) is 0 Å². The predicted molar refractivity (Wildman–Crippen MR) is 107 cm³/mol. The number of nitrogens with zero attached hydrogens (tertiary/aromatic N) is 1. The van der Waals surface area contributed by atoms with Gasteiger partial charge in [0.25, 0.3) is 0 Å². The van der Waals surface area contributed by atoms with Gasteiger partial charge in [-0.15, -0.1) is 12.4 Å². The third kappa shape index (κ3) is 5.13. The Kier molecular flexibility index (Phi) is 7.76. The van der Waals surface area contributed by atoms with Crippen LogP contribution in [0.2, 0.25) is 5.02 Å². The molecule has 0 aromatic heterocycles. The SMILES string of the molecule is CCOc1ccc(CC(=O)N2CCNCC2c2cccc(Cl)c2)cc1.Cl. The van der Waals surface area contributed by atoms with Crippen LogP contribution in [0.5, 0.6) is 5.75 Å². The molecular weight excluding hydrogens is 371 g/mol. The molecule has 1 unspecified atom stereocenters. The molecule has 140 valence electrons. The van der Waals surface area contributed by atoms with Crippen LogP contribution in [0.4, 0.5) is 0 Å². The number of hydrogen-bond donors (Lipinski definition) is 1. The normalized spacial score (nSPS) is 16.7. The van der Waals surface area contributed by atoms with Gasteiger partial charge in [-0.1, -0.05) is 35.9 Å². The van der Waals surface area contributed by atoms with Crippen LogP contribution < -0.4 is 10.1 Å². The molecule has 0 bridgehead atoms. The standard InChI is InChI=1S/C20H23ClN2O2.ClH/c1-2-25-18-8-6-15(7-9-18)12-20(24)23-11-10-22-14-19(23)16-4-3-5-17(21)13-16;/h3-9,13,19,22H,2,10-12,14H2,1H3;1H. The zero-order chi connectivity index (χ0) is 17.6. The number of halogens is 2. The first-order valence-corrected chi connectivity index (χ1v) is 9.02. The van der Waals surface area contributed by atoms with E-state index >= 15 is 0 Å². The van der Waals surface area contributed by atoms with Gasteiger partial charge in [0, 0.05) is 24.7 Å². The first kappa shape index (κ1) is 20.6. The maximum atomic E-state index is 12.9. The molecule has 1 aliphatic rings. The van der Waals surface area contributed by atoms with E-state index in [1.807, 2.05) is 60.4 Å². The van der Waals surface area contributed by atoms with Gasteiger partial charge in [0.15, 0.2) is 0 Å². The van der Waals surface area contributed by atoms with Crippen molar-refractivity contribution in [2.75, 3.05) is 26.2 Å². The molecule has 0 spiro atoms. The number of rotatable bonds is 5. The van der Waals surface area contributed by atoms with Gasteiger partial charge in [-0.05, 0) is 42.3 Å². The van der Waals surface area contributed by atoms with Gasteiger partial charge in [0.05, 0.1) is 19.1 Å². The van der Waals surface area contributed by atoms with Crippen molar-refractivity contribution in [3.05, 3.63) is 64.7 Å². The molecule has 1 N–H and O–H groups in total. The molecule has 4 nitrogen and oxygen atoms in total. The van der Waals surface area contributed by atoms with Crippen molar-refractivity contribution in [3.63, 3.8) is 0 Å². The maximum absolute atomic E-state index is 12.9. The van der Waals surface area contributed by atoms with Crippen LogP contribution in [-0.2, 0) is 11.2 Å². The Morgan fingerprint density at radius 1 is 1.27 bits per heavy atom. The fourth-order valence-corrected chi connectivity index (χ4v) is 3.36. The predicted octanol–water partition coefficient (Wildman–Crippen LogP) is 3.88. The molecule has 2 aromatic carbocycles. The Morgan fingerprint density at radius 2 is 2.04 bits per heavy atom. The van der Waals surface area contributed by atoms with Crippen LogP contribution in [0.1, 0.15) is 24.1 Å². The molecule has 3 rings (SSSR count). The Bertz CT molecular complexity index is 722. The third-order valence-corrected chi connectivity index (χ3v) is 4.62. The highest BCUT2D eigenvalue weighted by Crippen LogP contribution is 2.25. The van der Waals surface area contributed by atoms with Crippen LogP contribution in [0.25, 0.3) is 0 Å². The van der Waals surface area contributed by atoms with Gasteiger partial charge in [0.1, 0.15) is 5.75 Å². The van der Waals surface area contributed by atoms with Crippen LogP contribution in [0.15, 0.2) is 48.5 Å². The molecule has 0 saturated carbocycles. The summed E-state index contributed by atoms with van der Waals surface area (Å²) < 4.78 is 5.45. The molecule has 0 aliphatic carbocycles. The van der Waals surface area contributed by atoms with Gasteiger partial charge >= 0.3 is 0 Å². The molecule has 1 fully saturated rings. The Morgan fingerprint density at radius 3 is 2.73 bits per heavy atom. The molecule has 6 heteroatoms. The lowest BCUT2D eigenvalue weighted by Crippen LogP contribution is -2.49. The van der Waals surface area contributed by atoms with E-state index in [1.54, 1.807) is 0 Å². The Labute approximate surface area is 165 Å². The van der Waals surface area contributed by atoms with Crippen molar-refractivity contribution in [2.45, 2.75) is 19.4 Å². The smallest absolute Gasteiger partial charge is 0.227 e. The highest BCUT2D eigenvalue weighted by Gasteiger charge is 2.27. The van der Waals surface area contributed by atoms with Crippen molar-refractivity contribution in [3.8, 4) is 5.75 Å². The largest absolute Gasteiger partial charge is 0.494 e. The lowest BCUT2D eigenvalue weighted by atomic mass is 10.0. The second-order valence-corrected chi connectivity index (χ2v) is 6.55. The number of nitrogens with one attached hydrogen (secondary N) is 1. The minimum Gasteiger partial charge on any atom is -0.494 e. The van der Waals surface area contributed by atoms with Crippen LogP contribution in [-0.4, -0.2) is 37.0 Å².